The summed E-state index contributed by atoms with van der Waals surface area (Å²) in [6.07, 6.45) is -8.45. The largest absolute Gasteiger partial charge is 0.573 e. The molecule has 1 aromatic heterocycles. The average Bonchev–Trinajstić information content (AvgIpc) is 2.25. The molecule has 0 saturated carbocycles. The average molecular weight is 288 g/mol. The molecule has 0 saturated heterocycles. The predicted molar refractivity (Wildman–Crippen MR) is 48.5 cm³/mol. The maximum atomic E-state index is 12.7. The molecule has 0 amide bonds. The highest BCUT2D eigenvalue weighted by molar-refractivity contribution is 5.47. The van der Waals surface area contributed by atoms with Crippen LogP contribution in [0.4, 0.5) is 27.8 Å². The molecule has 1 rings (SSSR count). The third-order valence-corrected chi connectivity index (χ3v) is 1.94. The van der Waals surface area contributed by atoms with Crippen LogP contribution in [0.5, 0.6) is 5.75 Å². The maximum absolute atomic E-state index is 12.7. The summed E-state index contributed by atoms with van der Waals surface area (Å²) in [5.41, 5.74) is -2.44. The number of nitrogens with zero attached hydrogens (tertiary/aromatic N) is 2. The highest BCUT2D eigenvalue weighted by Gasteiger charge is 2.36. The molecule has 0 aromatic carbocycles. The molecule has 0 spiro atoms. The van der Waals surface area contributed by atoms with Gasteiger partial charge in [-0.25, -0.2) is 8.78 Å². The van der Waals surface area contributed by atoms with Crippen molar-refractivity contribution in [2.45, 2.75) is 19.4 Å². The zero-order valence-corrected chi connectivity index (χ0v) is 8.82. The molecule has 0 atom stereocenters. The first-order valence-electron chi connectivity index (χ1n) is 4.48. The Hall–Kier alpha value is -2.04. The number of alkyl halides is 5. The van der Waals surface area contributed by atoms with Crippen LogP contribution < -0.4 is 4.74 Å². The Morgan fingerprint density at radius 1 is 1.47 bits per heavy atom. The Morgan fingerprint density at radius 3 is 2.42 bits per heavy atom. The number of aliphatic hydroxyl groups is 1. The Balaban J connectivity index is 3.45. The Bertz CT molecular complexity index is 491. The molecule has 0 bridgehead atoms. The Kier molecular flexibility index (Phi) is 4.19. The van der Waals surface area contributed by atoms with Gasteiger partial charge in [-0.2, -0.15) is 0 Å². The van der Waals surface area contributed by atoms with E-state index in [2.05, 4.69) is 9.72 Å². The second-order valence-electron chi connectivity index (χ2n) is 3.10. The van der Waals surface area contributed by atoms with Gasteiger partial charge in [0.2, 0.25) is 0 Å². The molecular formula is C8H5F5N2O4. The lowest BCUT2D eigenvalue weighted by Gasteiger charge is -2.13. The SMILES string of the molecule is O=[N+]([O-])c1ncc(OC(F)(F)F)c(CO)c1C(F)F. The van der Waals surface area contributed by atoms with Crippen LogP contribution in [0.15, 0.2) is 6.20 Å². The lowest BCUT2D eigenvalue weighted by Crippen LogP contribution is -2.19. The molecule has 1 heterocycles. The smallest absolute Gasteiger partial charge is 0.401 e. The summed E-state index contributed by atoms with van der Waals surface area (Å²) in [4.78, 5) is 12.0. The van der Waals surface area contributed by atoms with E-state index in [1.807, 2.05) is 0 Å². The summed E-state index contributed by atoms with van der Waals surface area (Å²) < 4.78 is 64.7. The molecule has 0 unspecified atom stereocenters. The van der Waals surface area contributed by atoms with Gasteiger partial charge in [-0.3, -0.25) is 0 Å². The molecule has 6 nitrogen and oxygen atoms in total. The normalized spacial score (nSPS) is 11.7. The Labute approximate surface area is 101 Å². The monoisotopic (exact) mass is 288 g/mol. The van der Waals surface area contributed by atoms with Crippen LogP contribution in [0, 0.1) is 10.1 Å². The van der Waals surface area contributed by atoms with E-state index in [0.717, 1.165) is 0 Å². The van der Waals surface area contributed by atoms with E-state index >= 15 is 0 Å². The van der Waals surface area contributed by atoms with E-state index in [1.165, 1.54) is 0 Å². The number of hydrogen-bond donors (Lipinski definition) is 1. The maximum Gasteiger partial charge on any atom is 0.573 e. The highest BCUT2D eigenvalue weighted by atomic mass is 19.4. The van der Waals surface area contributed by atoms with Crippen molar-refractivity contribution in [3.05, 3.63) is 27.4 Å². The van der Waals surface area contributed by atoms with Gasteiger partial charge in [0.1, 0.15) is 5.56 Å². The third kappa shape index (κ3) is 3.47. The first kappa shape index (κ1) is 15.0. The number of aromatic nitrogens is 1. The van der Waals surface area contributed by atoms with Crippen molar-refractivity contribution in [1.29, 1.82) is 0 Å². The second-order valence-corrected chi connectivity index (χ2v) is 3.10. The van der Waals surface area contributed by atoms with Crippen molar-refractivity contribution in [2.24, 2.45) is 0 Å². The molecule has 0 aliphatic heterocycles. The topological polar surface area (TPSA) is 85.5 Å². The number of rotatable bonds is 4. The van der Waals surface area contributed by atoms with E-state index in [1.54, 1.807) is 0 Å². The number of hydrogen-bond acceptors (Lipinski definition) is 5. The molecule has 106 valence electrons. The predicted octanol–water partition coefficient (Wildman–Crippen LogP) is 2.32. The Morgan fingerprint density at radius 2 is 2.05 bits per heavy atom. The first-order valence-corrected chi connectivity index (χ1v) is 4.48. The second kappa shape index (κ2) is 5.30. The minimum atomic E-state index is -5.21. The van der Waals surface area contributed by atoms with Crippen molar-refractivity contribution < 1.29 is 36.7 Å². The summed E-state index contributed by atoms with van der Waals surface area (Å²) in [6, 6.07) is 0. The van der Waals surface area contributed by atoms with Gasteiger partial charge in [-0.15, -0.1) is 13.2 Å². The van der Waals surface area contributed by atoms with Gasteiger partial charge in [0.15, 0.2) is 11.9 Å². The van der Waals surface area contributed by atoms with E-state index in [0.29, 0.717) is 0 Å². The van der Waals surface area contributed by atoms with Gasteiger partial charge in [0, 0.05) is 5.56 Å². The van der Waals surface area contributed by atoms with Crippen molar-refractivity contribution >= 4 is 5.82 Å². The number of aliphatic hydroxyl groups excluding tert-OH is 1. The van der Waals surface area contributed by atoms with Crippen LogP contribution in [0.2, 0.25) is 0 Å². The first-order chi connectivity index (χ1) is 8.67. The molecule has 0 aliphatic carbocycles. The number of halogens is 5. The van der Waals surface area contributed by atoms with E-state index in [-0.39, 0.29) is 6.20 Å². The highest BCUT2D eigenvalue weighted by Crippen LogP contribution is 2.37. The molecule has 0 fully saturated rings. The van der Waals surface area contributed by atoms with Crippen molar-refractivity contribution in [1.82, 2.24) is 4.98 Å². The fourth-order valence-electron chi connectivity index (χ4n) is 1.29. The standard InChI is InChI=1S/C8H5F5N2O4/c9-6(10)5-3(2-16)4(19-8(11,12)13)1-14-7(5)15(17)18/h1,6,16H,2H2. The van der Waals surface area contributed by atoms with Gasteiger partial charge in [-0.1, -0.05) is 0 Å². The van der Waals surface area contributed by atoms with Crippen LogP contribution in [-0.4, -0.2) is 21.4 Å². The summed E-state index contributed by atoms with van der Waals surface area (Å²) in [5.74, 6) is -2.55. The molecule has 11 heteroatoms. The molecule has 1 aromatic rings. The lowest BCUT2D eigenvalue weighted by molar-refractivity contribution is -0.391. The molecular weight excluding hydrogens is 283 g/mol. The summed E-state index contributed by atoms with van der Waals surface area (Å²) in [7, 11) is 0. The van der Waals surface area contributed by atoms with Gasteiger partial charge in [-0.05, 0) is 9.91 Å². The van der Waals surface area contributed by atoms with Crippen molar-refractivity contribution in [3.8, 4) is 5.75 Å². The molecule has 0 aliphatic rings. The third-order valence-electron chi connectivity index (χ3n) is 1.94. The number of ether oxygens (including phenoxy) is 1. The minimum absolute atomic E-state index is 0.253. The molecule has 1 N–H and O–H groups in total. The van der Waals surface area contributed by atoms with E-state index < -0.39 is 47.0 Å². The number of nitro groups is 1. The zero-order valence-electron chi connectivity index (χ0n) is 8.82. The molecule has 0 radical (unpaired) electrons. The zero-order chi connectivity index (χ0) is 14.8. The van der Waals surface area contributed by atoms with Crippen LogP contribution in [0.1, 0.15) is 17.6 Å². The number of pyridine rings is 1. The van der Waals surface area contributed by atoms with Crippen molar-refractivity contribution in [2.75, 3.05) is 0 Å². The summed E-state index contributed by atoms with van der Waals surface area (Å²) in [5, 5.41) is 19.3. The van der Waals surface area contributed by atoms with Gasteiger partial charge >= 0.3 is 12.2 Å². The fraction of sp³-hybridized carbons (Fsp3) is 0.375. The lowest BCUT2D eigenvalue weighted by atomic mass is 10.1. The van der Waals surface area contributed by atoms with E-state index in [4.69, 9.17) is 5.11 Å². The van der Waals surface area contributed by atoms with Gasteiger partial charge in [0.05, 0.1) is 6.61 Å². The van der Waals surface area contributed by atoms with Gasteiger partial charge in [0.25, 0.3) is 6.43 Å². The summed E-state index contributed by atoms with van der Waals surface area (Å²) in [6.45, 7) is -1.30. The fourth-order valence-corrected chi connectivity index (χ4v) is 1.29. The van der Waals surface area contributed by atoms with Crippen LogP contribution in [0.3, 0.4) is 0 Å². The summed E-state index contributed by atoms with van der Waals surface area (Å²) >= 11 is 0. The quantitative estimate of drug-likeness (QED) is 0.522. The van der Waals surface area contributed by atoms with E-state index in [9.17, 15) is 32.1 Å². The van der Waals surface area contributed by atoms with Gasteiger partial charge < -0.3 is 20.0 Å². The van der Waals surface area contributed by atoms with Crippen LogP contribution in [0.25, 0.3) is 0 Å². The van der Waals surface area contributed by atoms with Crippen LogP contribution in [-0.2, 0) is 6.61 Å². The van der Waals surface area contributed by atoms with Crippen molar-refractivity contribution in [3.63, 3.8) is 0 Å². The molecule has 19 heavy (non-hydrogen) atoms. The minimum Gasteiger partial charge on any atom is -0.401 e. The van der Waals surface area contributed by atoms with Crippen LogP contribution >= 0.6 is 0 Å².